The van der Waals surface area contributed by atoms with E-state index in [0.717, 1.165) is 58.5 Å². The van der Waals surface area contributed by atoms with Crippen LogP contribution in [-0.2, 0) is 24.9 Å². The summed E-state index contributed by atoms with van der Waals surface area (Å²) in [5.74, 6) is 1.67. The van der Waals surface area contributed by atoms with E-state index < -0.39 is 0 Å². The molecule has 9 nitrogen and oxygen atoms in total. The molecular formula is C30H29N7O2. The predicted molar refractivity (Wildman–Crippen MR) is 147 cm³/mol. The molecule has 0 unspecified atom stereocenters. The zero-order valence-electron chi connectivity index (χ0n) is 22.0. The molecule has 1 saturated carbocycles. The van der Waals surface area contributed by atoms with E-state index in [1.165, 1.54) is 0 Å². The second-order valence-electron chi connectivity index (χ2n) is 10.1. The van der Waals surface area contributed by atoms with E-state index in [9.17, 15) is 10.1 Å². The van der Waals surface area contributed by atoms with Crippen molar-refractivity contribution >= 4 is 11.7 Å². The van der Waals surface area contributed by atoms with Gasteiger partial charge in [-0.1, -0.05) is 18.2 Å². The molecule has 196 valence electrons. The molecule has 2 aromatic heterocycles. The van der Waals surface area contributed by atoms with Gasteiger partial charge in [0.05, 0.1) is 24.8 Å². The molecule has 0 atom stereocenters. The first kappa shape index (κ1) is 24.9. The molecule has 2 aliphatic rings. The molecule has 2 aromatic carbocycles. The van der Waals surface area contributed by atoms with Crippen molar-refractivity contribution in [1.29, 1.82) is 5.26 Å². The normalized spacial score (nSPS) is 14.5. The number of amides is 1. The second-order valence-corrected chi connectivity index (χ2v) is 10.1. The largest absolute Gasteiger partial charge is 0.383 e. The molecule has 9 heteroatoms. The van der Waals surface area contributed by atoms with Crippen LogP contribution in [0.5, 0.6) is 0 Å². The molecule has 0 bridgehead atoms. The van der Waals surface area contributed by atoms with Gasteiger partial charge >= 0.3 is 0 Å². The predicted octanol–water partition coefficient (Wildman–Crippen LogP) is 4.19. The lowest BCUT2D eigenvalue weighted by Gasteiger charge is -2.18. The van der Waals surface area contributed by atoms with Gasteiger partial charge in [-0.05, 0) is 65.4 Å². The average molecular weight is 520 g/mol. The summed E-state index contributed by atoms with van der Waals surface area (Å²) in [6, 6.07) is 18.0. The van der Waals surface area contributed by atoms with Gasteiger partial charge in [-0.15, -0.1) is 10.2 Å². The van der Waals surface area contributed by atoms with Gasteiger partial charge in [-0.2, -0.15) is 5.26 Å². The third-order valence-corrected chi connectivity index (χ3v) is 7.31. The third kappa shape index (κ3) is 4.92. The lowest BCUT2D eigenvalue weighted by atomic mass is 9.96. The Balaban J connectivity index is 1.37. The number of nitrogens with zero attached hydrogens (tertiary/aromatic N) is 6. The maximum Gasteiger partial charge on any atom is 0.260 e. The molecule has 0 saturated heterocycles. The summed E-state index contributed by atoms with van der Waals surface area (Å²) < 4.78 is 6.94. The minimum absolute atomic E-state index is 0.0384. The van der Waals surface area contributed by atoms with Crippen LogP contribution < -0.4 is 10.2 Å². The summed E-state index contributed by atoms with van der Waals surface area (Å²) in [6.45, 7) is 2.54. The first-order valence-electron chi connectivity index (χ1n) is 13.1. The molecule has 6 rings (SSSR count). The molecule has 3 heterocycles. The fourth-order valence-corrected chi connectivity index (χ4v) is 5.05. The number of methoxy groups -OCH3 is 1. The Morgan fingerprint density at radius 2 is 1.97 bits per heavy atom. The fraction of sp³-hybridized carbons (Fsp3) is 0.300. The number of carbonyl (C=O) groups excluding carboxylic acids is 1. The smallest absolute Gasteiger partial charge is 0.260 e. The van der Waals surface area contributed by atoms with Gasteiger partial charge in [0.2, 0.25) is 0 Å². The molecule has 1 aliphatic carbocycles. The van der Waals surface area contributed by atoms with Crippen molar-refractivity contribution in [1.82, 2.24) is 25.1 Å². The van der Waals surface area contributed by atoms with E-state index in [2.05, 4.69) is 33.7 Å². The Labute approximate surface area is 227 Å². The maximum atomic E-state index is 13.6. The Bertz CT molecular complexity index is 1600. The SMILES string of the molecule is COCCNCc1ccc2c(c1)C(=O)N(c1cc(-c3ccc(C#N)cc3-c3nncn3C)cc(C3CC3)n1)C2. The number of hydrogen-bond donors (Lipinski definition) is 1. The van der Waals surface area contributed by atoms with Gasteiger partial charge in [0.15, 0.2) is 5.82 Å². The average Bonchev–Trinajstić information content (AvgIpc) is 3.65. The van der Waals surface area contributed by atoms with Crippen LogP contribution in [0.25, 0.3) is 22.5 Å². The summed E-state index contributed by atoms with van der Waals surface area (Å²) >= 11 is 0. The van der Waals surface area contributed by atoms with Crippen LogP contribution in [0.1, 0.15) is 51.5 Å². The minimum Gasteiger partial charge on any atom is -0.383 e. The van der Waals surface area contributed by atoms with E-state index in [4.69, 9.17) is 9.72 Å². The quantitative estimate of drug-likeness (QED) is 0.330. The fourth-order valence-electron chi connectivity index (χ4n) is 5.05. The molecule has 1 N–H and O–H groups in total. The van der Waals surface area contributed by atoms with Crippen molar-refractivity contribution < 1.29 is 9.53 Å². The van der Waals surface area contributed by atoms with Gasteiger partial charge < -0.3 is 14.6 Å². The number of aryl methyl sites for hydroxylation is 1. The number of fused-ring (bicyclic) bond motifs is 1. The van der Waals surface area contributed by atoms with Crippen molar-refractivity contribution in [2.75, 3.05) is 25.2 Å². The molecular weight excluding hydrogens is 490 g/mol. The number of benzene rings is 2. The van der Waals surface area contributed by atoms with Crippen LogP contribution in [0.3, 0.4) is 0 Å². The molecule has 4 aromatic rings. The number of ether oxygens (including phenoxy) is 1. The zero-order chi connectivity index (χ0) is 26.9. The molecule has 0 radical (unpaired) electrons. The molecule has 1 fully saturated rings. The van der Waals surface area contributed by atoms with E-state index in [-0.39, 0.29) is 5.91 Å². The number of anilines is 1. The molecule has 0 spiro atoms. The van der Waals surface area contributed by atoms with E-state index in [0.29, 0.717) is 42.8 Å². The number of carbonyl (C=O) groups is 1. The van der Waals surface area contributed by atoms with E-state index in [1.807, 2.05) is 48.0 Å². The Hall–Kier alpha value is -4.39. The van der Waals surface area contributed by atoms with Crippen LogP contribution in [-0.4, -0.2) is 45.9 Å². The summed E-state index contributed by atoms with van der Waals surface area (Å²) in [5, 5.41) is 21.2. The summed E-state index contributed by atoms with van der Waals surface area (Å²) in [7, 11) is 3.56. The Morgan fingerprint density at radius 3 is 2.72 bits per heavy atom. The van der Waals surface area contributed by atoms with Crippen molar-refractivity contribution in [3.05, 3.63) is 82.8 Å². The third-order valence-electron chi connectivity index (χ3n) is 7.31. The van der Waals surface area contributed by atoms with Crippen LogP contribution in [0.2, 0.25) is 0 Å². The highest BCUT2D eigenvalue weighted by molar-refractivity contribution is 6.10. The van der Waals surface area contributed by atoms with E-state index >= 15 is 0 Å². The number of rotatable bonds is 9. The van der Waals surface area contributed by atoms with Crippen LogP contribution in [0.15, 0.2) is 54.9 Å². The van der Waals surface area contributed by atoms with Crippen molar-refractivity contribution in [2.45, 2.75) is 31.8 Å². The highest BCUT2D eigenvalue weighted by atomic mass is 16.5. The number of hydrogen-bond acceptors (Lipinski definition) is 7. The monoisotopic (exact) mass is 519 g/mol. The van der Waals surface area contributed by atoms with Crippen molar-refractivity contribution in [2.24, 2.45) is 7.05 Å². The summed E-state index contributed by atoms with van der Waals surface area (Å²) in [6.07, 6.45) is 3.83. The van der Waals surface area contributed by atoms with Crippen LogP contribution in [0, 0.1) is 11.3 Å². The second kappa shape index (κ2) is 10.4. The van der Waals surface area contributed by atoms with Crippen molar-refractivity contribution in [3.63, 3.8) is 0 Å². The standard InChI is InChI=1S/C30H29N7O2/c1-36-18-33-35-29(36)26-11-19(15-31)4-8-24(26)23-13-27(21-6-7-21)34-28(14-23)37-17-22-5-3-20(12-25(22)30(37)38)16-32-9-10-39-2/h3-5,8,11-14,18,21,32H,6-7,9-10,16-17H2,1-2H3. The van der Waals surface area contributed by atoms with E-state index in [1.54, 1.807) is 18.3 Å². The van der Waals surface area contributed by atoms with Gasteiger partial charge in [0.1, 0.15) is 12.1 Å². The number of nitrogens with one attached hydrogen (secondary N) is 1. The van der Waals surface area contributed by atoms with Gasteiger partial charge in [0, 0.05) is 50.0 Å². The first-order chi connectivity index (χ1) is 19.1. The minimum atomic E-state index is -0.0384. The number of pyridine rings is 1. The Kier molecular flexibility index (Phi) is 6.65. The van der Waals surface area contributed by atoms with Crippen LogP contribution >= 0.6 is 0 Å². The summed E-state index contributed by atoms with van der Waals surface area (Å²) in [5.41, 5.74) is 6.99. The lowest BCUT2D eigenvalue weighted by Crippen LogP contribution is -2.24. The van der Waals surface area contributed by atoms with Gasteiger partial charge in [-0.3, -0.25) is 9.69 Å². The maximum absolute atomic E-state index is 13.6. The van der Waals surface area contributed by atoms with Gasteiger partial charge in [-0.25, -0.2) is 4.98 Å². The highest BCUT2D eigenvalue weighted by Gasteiger charge is 2.32. The topological polar surface area (TPSA) is 109 Å². The lowest BCUT2D eigenvalue weighted by molar-refractivity contribution is 0.0996. The molecule has 1 amide bonds. The summed E-state index contributed by atoms with van der Waals surface area (Å²) in [4.78, 5) is 20.4. The van der Waals surface area contributed by atoms with Crippen LogP contribution in [0.4, 0.5) is 5.82 Å². The zero-order valence-corrected chi connectivity index (χ0v) is 22.0. The first-order valence-corrected chi connectivity index (χ1v) is 13.1. The number of aromatic nitrogens is 4. The van der Waals surface area contributed by atoms with Gasteiger partial charge in [0.25, 0.3) is 5.91 Å². The van der Waals surface area contributed by atoms with Crippen molar-refractivity contribution in [3.8, 4) is 28.6 Å². The Morgan fingerprint density at radius 1 is 1.10 bits per heavy atom. The highest BCUT2D eigenvalue weighted by Crippen LogP contribution is 2.43. The molecule has 1 aliphatic heterocycles. The molecule has 39 heavy (non-hydrogen) atoms. The number of nitriles is 1.